The molecule has 1 atom stereocenters. The average Bonchev–Trinajstić information content (AvgIpc) is 3.24. The van der Waals surface area contributed by atoms with Gasteiger partial charge in [0.05, 0.1) is 17.1 Å². The summed E-state index contributed by atoms with van der Waals surface area (Å²) in [5, 5.41) is 21.5. The molecule has 214 valence electrons. The second kappa shape index (κ2) is 11.9. The number of hydrogen-bond acceptors (Lipinski definition) is 6. The van der Waals surface area contributed by atoms with Crippen LogP contribution in [0.15, 0.2) is 48.5 Å². The first kappa shape index (κ1) is 30.7. The zero-order valence-corrected chi connectivity index (χ0v) is 24.2. The van der Waals surface area contributed by atoms with Crippen LogP contribution in [-0.4, -0.2) is 71.6 Å². The van der Waals surface area contributed by atoms with E-state index in [2.05, 4.69) is 18.3 Å². The van der Waals surface area contributed by atoms with Gasteiger partial charge in [-0.05, 0) is 68.4 Å². The van der Waals surface area contributed by atoms with Crippen LogP contribution in [0.1, 0.15) is 41.1 Å². The highest BCUT2D eigenvalue weighted by atomic mass is 31.1. The van der Waals surface area contributed by atoms with Gasteiger partial charge in [-0.1, -0.05) is 39.1 Å². The molecule has 1 unspecified atom stereocenters. The van der Waals surface area contributed by atoms with Crippen molar-refractivity contribution in [2.45, 2.75) is 38.7 Å². The molecule has 2 N–H and O–H groups in total. The van der Waals surface area contributed by atoms with Crippen molar-refractivity contribution in [2.75, 3.05) is 20.4 Å². The van der Waals surface area contributed by atoms with Gasteiger partial charge in [-0.3, -0.25) is 14.3 Å². The Labute approximate surface area is 238 Å². The molecule has 2 radical (unpaired) electrons. The molecule has 41 heavy (non-hydrogen) atoms. The zero-order valence-electron chi connectivity index (χ0n) is 23.3. The number of ether oxygens (including phenoxy) is 1. The first-order valence-corrected chi connectivity index (χ1v) is 15.0. The third kappa shape index (κ3) is 6.04. The molecule has 0 bridgehead atoms. The molecule has 0 aliphatic carbocycles. The Kier molecular flexibility index (Phi) is 8.94. The quantitative estimate of drug-likeness (QED) is 0.117. The maximum Gasteiger partial charge on any atom is 0.387 e. The molecule has 7 nitrogen and oxygen atoms in total. The van der Waals surface area contributed by atoms with Crippen LogP contribution in [0, 0.1) is 12.7 Å². The second-order valence-electron chi connectivity index (χ2n) is 9.93. The Bertz CT molecular complexity index is 1590. The zero-order chi connectivity index (χ0) is 30.2. The van der Waals surface area contributed by atoms with E-state index in [1.54, 1.807) is 6.92 Å². The molecule has 12 heteroatoms. The summed E-state index contributed by atoms with van der Waals surface area (Å²) in [6, 6.07) is 11.7. The molecule has 1 aromatic heterocycles. The van der Waals surface area contributed by atoms with Crippen LogP contribution in [0.5, 0.6) is 5.75 Å². The summed E-state index contributed by atoms with van der Waals surface area (Å²) in [5.41, 5.74) is 2.09. The van der Waals surface area contributed by atoms with Crippen LogP contribution in [0.3, 0.4) is 0 Å². The van der Waals surface area contributed by atoms with Gasteiger partial charge in [-0.25, -0.2) is 9.37 Å². The van der Waals surface area contributed by atoms with Crippen LogP contribution in [-0.2, 0) is 0 Å². The number of carbonyl (C=O) groups is 1. The number of benzene rings is 3. The summed E-state index contributed by atoms with van der Waals surface area (Å²) in [6.07, 6.45) is 0.710. The van der Waals surface area contributed by atoms with Crippen LogP contribution in [0.25, 0.3) is 27.8 Å². The van der Waals surface area contributed by atoms with E-state index in [0.29, 0.717) is 11.8 Å². The average molecular weight is 583 g/mol. The normalized spacial score (nSPS) is 13.0. The van der Waals surface area contributed by atoms with E-state index in [1.165, 1.54) is 41.9 Å². The molecule has 1 heterocycles. The van der Waals surface area contributed by atoms with E-state index in [4.69, 9.17) is 12.6 Å². The topological polar surface area (TPSA) is 87.8 Å². The molecular weight excluding hydrogens is 553 g/mol. The van der Waals surface area contributed by atoms with E-state index in [9.17, 15) is 23.8 Å². The largest absolute Gasteiger partial charge is 0.433 e. The van der Waals surface area contributed by atoms with Crippen molar-refractivity contribution in [2.24, 2.45) is 0 Å². The lowest BCUT2D eigenvalue weighted by atomic mass is 9.99. The van der Waals surface area contributed by atoms with Gasteiger partial charge in [-0.2, -0.15) is 8.78 Å². The maximum absolute atomic E-state index is 15.7. The first-order valence-electron chi connectivity index (χ1n) is 12.8. The minimum Gasteiger partial charge on any atom is -0.433 e. The van der Waals surface area contributed by atoms with Crippen molar-refractivity contribution in [1.29, 1.82) is 0 Å². The highest BCUT2D eigenvalue weighted by Gasteiger charge is 2.34. The number of carbonyl (C=O) groups excluding carboxylic acids is 1. The minimum absolute atomic E-state index is 0.00105. The predicted molar refractivity (Wildman–Crippen MR) is 155 cm³/mol. The molecule has 3 aromatic carbocycles. The highest BCUT2D eigenvalue weighted by molar-refractivity contribution is 7.64. The molecule has 0 saturated heterocycles. The maximum atomic E-state index is 15.7. The molecule has 0 aliphatic rings. The molecule has 0 saturated carbocycles. The summed E-state index contributed by atoms with van der Waals surface area (Å²) in [4.78, 5) is 17.8. The molecule has 0 fully saturated rings. The van der Waals surface area contributed by atoms with Gasteiger partial charge in [0.1, 0.15) is 17.3 Å². The third-order valence-electron chi connectivity index (χ3n) is 7.05. The Hall–Kier alpha value is -3.24. The Morgan fingerprint density at radius 1 is 1.17 bits per heavy atom. The summed E-state index contributed by atoms with van der Waals surface area (Å²) in [7, 11) is 6.53. The van der Waals surface area contributed by atoms with Gasteiger partial charge in [0.2, 0.25) is 0 Å². The fourth-order valence-corrected chi connectivity index (χ4v) is 5.76. The van der Waals surface area contributed by atoms with Crippen LogP contribution in [0.4, 0.5) is 13.2 Å². The molecule has 0 amide bonds. The molecule has 0 spiro atoms. The number of fused-ring (bicyclic) bond motifs is 1. The van der Waals surface area contributed by atoms with Crippen molar-refractivity contribution < 1.29 is 32.9 Å². The van der Waals surface area contributed by atoms with Gasteiger partial charge in [0.15, 0.2) is 25.7 Å². The van der Waals surface area contributed by atoms with Crippen molar-refractivity contribution in [3.05, 3.63) is 71.3 Å². The Balaban J connectivity index is 2.12. The second-order valence-corrected chi connectivity index (χ2v) is 12.2. The number of nitrogens with zero attached hydrogens (tertiary/aromatic N) is 3. The number of hydrogen-bond donors (Lipinski definition) is 2. The van der Waals surface area contributed by atoms with Crippen LogP contribution < -0.4 is 10.0 Å². The standard InChI is InChI=1S/C29H30BF3N3O4P/c1-6-23(35(3)29(30,38)39)27-34-22-14-21(31)20(19-11-10-18(41(4)5)12-16(19)2)13-24(22)36(27)26-17(15-37)8-7-9-25(26)40-28(32)33/h7-15,23,28,38-39H,6H2,1-5H3. The van der Waals surface area contributed by atoms with E-state index >= 15 is 4.39 Å². The van der Waals surface area contributed by atoms with Gasteiger partial charge in [-0.15, -0.1) is 0 Å². The predicted octanol–water partition coefficient (Wildman–Crippen LogP) is 5.07. The van der Waals surface area contributed by atoms with E-state index < -0.39 is 24.3 Å². The van der Waals surface area contributed by atoms with Crippen LogP contribution >= 0.6 is 7.92 Å². The number of aldehydes is 1. The summed E-state index contributed by atoms with van der Waals surface area (Å²) in [5.74, 6) is -3.56. The summed E-state index contributed by atoms with van der Waals surface area (Å²) < 4.78 is 48.9. The number of aryl methyl sites for hydroxylation is 1. The number of imidazole rings is 1. The number of alkyl halides is 2. The van der Waals surface area contributed by atoms with Gasteiger partial charge >= 0.3 is 6.61 Å². The SMILES string of the molecule is [B]C(O)(O)N(C)C(CC)c1nc2cc(F)c(-c3ccc(P(C)C)cc3C)cc2n1-c1c(C=O)cccc1OC(F)F. The van der Waals surface area contributed by atoms with E-state index in [0.717, 1.165) is 15.8 Å². The number of halogens is 3. The lowest BCUT2D eigenvalue weighted by Gasteiger charge is -2.36. The number of aliphatic hydroxyl groups is 2. The van der Waals surface area contributed by atoms with Crippen molar-refractivity contribution in [1.82, 2.24) is 14.5 Å². The van der Waals surface area contributed by atoms with Gasteiger partial charge < -0.3 is 14.9 Å². The first-order chi connectivity index (χ1) is 19.3. The number of rotatable bonds is 10. The molecule has 4 rings (SSSR count). The summed E-state index contributed by atoms with van der Waals surface area (Å²) in [6.45, 7) is 4.64. The van der Waals surface area contributed by atoms with Gasteiger partial charge in [0.25, 0.3) is 0 Å². The molecular formula is C29H30BF3N3O4P. The smallest absolute Gasteiger partial charge is 0.387 e. The van der Waals surface area contributed by atoms with Crippen LogP contribution in [0.2, 0.25) is 0 Å². The minimum atomic E-state index is -3.21. The van der Waals surface area contributed by atoms with Gasteiger partial charge in [0, 0.05) is 17.2 Å². The molecule has 0 aliphatic heterocycles. The van der Waals surface area contributed by atoms with E-state index in [1.807, 2.05) is 25.1 Å². The fraction of sp³-hybridized carbons (Fsp3) is 0.310. The Morgan fingerprint density at radius 3 is 2.44 bits per heavy atom. The fourth-order valence-electron chi connectivity index (χ4n) is 4.93. The van der Waals surface area contributed by atoms with Crippen molar-refractivity contribution in [3.8, 4) is 22.6 Å². The monoisotopic (exact) mass is 583 g/mol. The highest BCUT2D eigenvalue weighted by Crippen LogP contribution is 2.39. The van der Waals surface area contributed by atoms with Crippen molar-refractivity contribution >= 4 is 38.4 Å². The molecule has 4 aromatic rings. The summed E-state index contributed by atoms with van der Waals surface area (Å²) >= 11 is 0. The van der Waals surface area contributed by atoms with E-state index in [-0.39, 0.29) is 53.8 Å². The van der Waals surface area contributed by atoms with Crippen molar-refractivity contribution in [3.63, 3.8) is 0 Å². The number of para-hydroxylation sites is 1. The number of aromatic nitrogens is 2. The Morgan fingerprint density at radius 2 is 1.88 bits per heavy atom. The lowest BCUT2D eigenvalue weighted by Crippen LogP contribution is -2.49. The third-order valence-corrected chi connectivity index (χ3v) is 8.36. The lowest BCUT2D eigenvalue weighted by molar-refractivity contribution is -0.203.